The highest BCUT2D eigenvalue weighted by Crippen LogP contribution is 2.65. The number of para-hydroxylation sites is 1. The van der Waals surface area contributed by atoms with Gasteiger partial charge in [-0.2, -0.15) is 0 Å². The number of carbonyl (C=O) groups excluding carboxylic acids is 3. The van der Waals surface area contributed by atoms with E-state index in [1.54, 1.807) is 42.5 Å². The van der Waals surface area contributed by atoms with Crippen molar-refractivity contribution in [2.24, 2.45) is 17.3 Å². The minimum atomic E-state index is -0.704. The molecule has 5 atom stereocenters. The molecule has 0 radical (unpaired) electrons. The van der Waals surface area contributed by atoms with E-state index in [0.717, 1.165) is 12.8 Å². The molecule has 3 saturated carbocycles. The summed E-state index contributed by atoms with van der Waals surface area (Å²) in [5, 5.41) is 2.99. The molecule has 0 aromatic heterocycles. The molecule has 3 aliphatic carbocycles. The molecule has 2 bridgehead atoms. The van der Waals surface area contributed by atoms with Crippen molar-refractivity contribution in [3.8, 4) is 5.75 Å². The molecule has 6 rings (SSSR count). The second-order valence-electron chi connectivity index (χ2n) is 11.7. The molecule has 212 valence electrons. The van der Waals surface area contributed by atoms with Gasteiger partial charge in [0.15, 0.2) is 0 Å². The molecule has 0 spiro atoms. The predicted octanol–water partition coefficient (Wildman–Crippen LogP) is 3.98. The molecule has 40 heavy (non-hydrogen) atoms. The van der Waals surface area contributed by atoms with Gasteiger partial charge in [0, 0.05) is 6.92 Å². The van der Waals surface area contributed by atoms with Crippen molar-refractivity contribution in [3.05, 3.63) is 65.2 Å². The molecular formula is C30H36BNO8. The SMILES string of the molecule is COc1c(CC(NC(C)=O)B2OC3CC4CC(C4(C)C)C3(C)O2)cccc1C(=O)OCOC(=O)c1ccccc1. The number of esters is 2. The third-order valence-corrected chi connectivity index (χ3v) is 9.04. The van der Waals surface area contributed by atoms with Gasteiger partial charge in [0.1, 0.15) is 11.3 Å². The zero-order valence-corrected chi connectivity index (χ0v) is 23.6. The van der Waals surface area contributed by atoms with Crippen LogP contribution in [0.15, 0.2) is 48.5 Å². The van der Waals surface area contributed by atoms with Crippen molar-refractivity contribution in [1.29, 1.82) is 0 Å². The average molecular weight is 549 g/mol. The summed E-state index contributed by atoms with van der Waals surface area (Å²) >= 11 is 0. The summed E-state index contributed by atoms with van der Waals surface area (Å²) in [6.45, 7) is 7.64. The number of nitrogens with one attached hydrogen (secondary N) is 1. The Kier molecular flexibility index (Phi) is 7.67. The standard InChI is InChI=1S/C30H36BNO8/c1-18(33)32-25(31-39-24-16-21-15-23(29(21,2)3)30(24,4)40-31)14-20-12-9-13-22(26(20)36-5)28(35)38-17-37-27(34)19-10-7-6-8-11-19/h6-13,21,23-25H,14-17H2,1-5H3,(H,32,33). The summed E-state index contributed by atoms with van der Waals surface area (Å²) in [5.41, 5.74) is 0.975. The van der Waals surface area contributed by atoms with Crippen LogP contribution < -0.4 is 10.1 Å². The van der Waals surface area contributed by atoms with Gasteiger partial charge in [0.25, 0.3) is 0 Å². The Balaban J connectivity index is 1.29. The number of rotatable bonds is 9. The van der Waals surface area contributed by atoms with Crippen LogP contribution in [0.2, 0.25) is 0 Å². The van der Waals surface area contributed by atoms with E-state index in [-0.39, 0.29) is 23.0 Å². The van der Waals surface area contributed by atoms with Gasteiger partial charge in [-0.05, 0) is 67.2 Å². The highest BCUT2D eigenvalue weighted by atomic mass is 16.7. The van der Waals surface area contributed by atoms with Crippen LogP contribution in [0.25, 0.3) is 0 Å². The molecule has 2 aromatic rings. The van der Waals surface area contributed by atoms with Gasteiger partial charge in [-0.1, -0.05) is 44.2 Å². The normalized spacial score (nSPS) is 26.6. The summed E-state index contributed by atoms with van der Waals surface area (Å²) in [6, 6.07) is 13.5. The van der Waals surface area contributed by atoms with Crippen LogP contribution in [0.5, 0.6) is 5.75 Å². The van der Waals surface area contributed by atoms with Gasteiger partial charge in [0.2, 0.25) is 12.7 Å². The maximum atomic E-state index is 12.9. The summed E-state index contributed by atoms with van der Waals surface area (Å²) in [4.78, 5) is 37.3. The molecule has 4 fully saturated rings. The summed E-state index contributed by atoms with van der Waals surface area (Å²) < 4.78 is 29.0. The molecule has 1 saturated heterocycles. The third-order valence-electron chi connectivity index (χ3n) is 9.04. The van der Waals surface area contributed by atoms with Crippen LogP contribution in [0.1, 0.15) is 66.8 Å². The van der Waals surface area contributed by atoms with Gasteiger partial charge < -0.3 is 28.8 Å². The largest absolute Gasteiger partial charge is 0.496 e. The minimum absolute atomic E-state index is 0.0349. The monoisotopic (exact) mass is 549 g/mol. The Morgan fingerprint density at radius 3 is 2.42 bits per heavy atom. The molecular weight excluding hydrogens is 513 g/mol. The van der Waals surface area contributed by atoms with Crippen LogP contribution in [0, 0.1) is 17.3 Å². The average Bonchev–Trinajstić information content (AvgIpc) is 3.29. The van der Waals surface area contributed by atoms with Crippen LogP contribution in [0.4, 0.5) is 0 Å². The van der Waals surface area contributed by atoms with Crippen molar-refractivity contribution in [2.75, 3.05) is 13.9 Å². The van der Waals surface area contributed by atoms with Crippen LogP contribution >= 0.6 is 0 Å². The van der Waals surface area contributed by atoms with Gasteiger partial charge >= 0.3 is 19.1 Å². The molecule has 1 N–H and O–H groups in total. The lowest BCUT2D eigenvalue weighted by atomic mass is 9.43. The summed E-state index contributed by atoms with van der Waals surface area (Å²) in [7, 11) is 0.818. The molecule has 10 heteroatoms. The zero-order valence-electron chi connectivity index (χ0n) is 23.6. The first-order chi connectivity index (χ1) is 19.0. The minimum Gasteiger partial charge on any atom is -0.496 e. The van der Waals surface area contributed by atoms with Gasteiger partial charge in [-0.3, -0.25) is 4.79 Å². The third kappa shape index (κ3) is 5.10. The molecule has 1 amide bonds. The highest BCUT2D eigenvalue weighted by Gasteiger charge is 2.68. The quantitative estimate of drug-likeness (QED) is 0.284. The zero-order chi connectivity index (χ0) is 28.7. The highest BCUT2D eigenvalue weighted by molar-refractivity contribution is 6.48. The number of benzene rings is 2. The Labute approximate surface area is 235 Å². The number of methoxy groups -OCH3 is 1. The summed E-state index contributed by atoms with van der Waals surface area (Å²) in [6.07, 6.45) is 2.33. The topological polar surface area (TPSA) is 109 Å². The Bertz CT molecular complexity index is 1280. The first kappa shape index (κ1) is 28.2. The lowest BCUT2D eigenvalue weighted by Crippen LogP contribution is -2.65. The fourth-order valence-corrected chi connectivity index (χ4v) is 6.80. The van der Waals surface area contributed by atoms with E-state index in [4.69, 9.17) is 23.5 Å². The number of hydrogen-bond acceptors (Lipinski definition) is 8. The molecule has 5 unspecified atom stereocenters. The van der Waals surface area contributed by atoms with Crippen molar-refractivity contribution in [3.63, 3.8) is 0 Å². The maximum Gasteiger partial charge on any atom is 0.482 e. The van der Waals surface area contributed by atoms with Crippen molar-refractivity contribution < 1.29 is 37.9 Å². The fourth-order valence-electron chi connectivity index (χ4n) is 6.80. The van der Waals surface area contributed by atoms with E-state index in [9.17, 15) is 14.4 Å². The molecule has 1 heterocycles. The Hall–Kier alpha value is -3.37. The second-order valence-corrected chi connectivity index (χ2v) is 11.7. The summed E-state index contributed by atoms with van der Waals surface area (Å²) in [5.74, 6) is -0.725. The van der Waals surface area contributed by atoms with Gasteiger partial charge in [0.05, 0.1) is 30.3 Å². The lowest BCUT2D eigenvalue weighted by Gasteiger charge is -2.64. The van der Waals surface area contributed by atoms with Gasteiger partial charge in [-0.15, -0.1) is 0 Å². The van der Waals surface area contributed by atoms with Crippen molar-refractivity contribution in [1.82, 2.24) is 5.32 Å². The smallest absolute Gasteiger partial charge is 0.482 e. The van der Waals surface area contributed by atoms with E-state index in [1.165, 1.54) is 14.0 Å². The number of ether oxygens (including phenoxy) is 3. The van der Waals surface area contributed by atoms with Crippen LogP contribution in [0.3, 0.4) is 0 Å². The molecule has 2 aromatic carbocycles. The first-order valence-electron chi connectivity index (χ1n) is 13.7. The molecule has 9 nitrogen and oxygen atoms in total. The fraction of sp³-hybridized carbons (Fsp3) is 0.500. The maximum absolute atomic E-state index is 12.9. The van der Waals surface area contributed by atoms with E-state index in [1.807, 2.05) is 6.07 Å². The number of amides is 1. The Morgan fingerprint density at radius 1 is 1.02 bits per heavy atom. The van der Waals surface area contributed by atoms with E-state index in [2.05, 4.69) is 26.1 Å². The van der Waals surface area contributed by atoms with Crippen molar-refractivity contribution >= 4 is 25.0 Å². The van der Waals surface area contributed by atoms with Crippen LogP contribution in [-0.4, -0.2) is 56.5 Å². The lowest BCUT2D eigenvalue weighted by molar-refractivity contribution is -0.199. The predicted molar refractivity (Wildman–Crippen MR) is 147 cm³/mol. The van der Waals surface area contributed by atoms with E-state index < -0.39 is 37.4 Å². The molecule has 4 aliphatic rings. The Morgan fingerprint density at radius 2 is 1.75 bits per heavy atom. The number of carbonyl (C=O) groups is 3. The van der Waals surface area contributed by atoms with Crippen molar-refractivity contribution in [2.45, 2.75) is 64.6 Å². The van der Waals surface area contributed by atoms with E-state index in [0.29, 0.717) is 35.1 Å². The molecule has 1 aliphatic heterocycles. The van der Waals surface area contributed by atoms with E-state index >= 15 is 0 Å². The number of hydrogen-bond donors (Lipinski definition) is 1. The van der Waals surface area contributed by atoms with Gasteiger partial charge in [-0.25, -0.2) is 9.59 Å². The second kappa shape index (κ2) is 10.9. The van der Waals surface area contributed by atoms with Crippen LogP contribution in [-0.2, 0) is 30.0 Å². The first-order valence-corrected chi connectivity index (χ1v) is 13.7.